The average Bonchev–Trinajstić information content (AvgIpc) is 2.77. The Kier molecular flexibility index (Phi) is 6.99. The Labute approximate surface area is 186 Å². The quantitative estimate of drug-likeness (QED) is 0.378. The zero-order valence-corrected chi connectivity index (χ0v) is 18.4. The molecule has 0 fully saturated rings. The summed E-state index contributed by atoms with van der Waals surface area (Å²) in [7, 11) is -0.652. The molecular weight excluding hydrogens is 438 g/mol. The lowest BCUT2D eigenvalue weighted by Crippen LogP contribution is -2.12. The Balaban J connectivity index is 1.73. The fourth-order valence-corrected chi connectivity index (χ4v) is 3.95. The SMILES string of the molecule is COc1ccc(OC)c(/C=C/C(=O)c2ccc(NS(=O)(=O)c3ccc(Cl)cc3)cc2)c1. The van der Waals surface area contributed by atoms with Crippen molar-refractivity contribution in [1.82, 2.24) is 0 Å². The van der Waals surface area contributed by atoms with Gasteiger partial charge in [0, 0.05) is 21.8 Å². The minimum absolute atomic E-state index is 0.0900. The van der Waals surface area contributed by atoms with Gasteiger partial charge in [0.05, 0.1) is 19.1 Å². The lowest BCUT2D eigenvalue weighted by atomic mass is 10.1. The molecule has 160 valence electrons. The molecule has 6 nitrogen and oxygen atoms in total. The van der Waals surface area contributed by atoms with E-state index in [0.717, 1.165) is 0 Å². The molecule has 8 heteroatoms. The van der Waals surface area contributed by atoms with Gasteiger partial charge in [0.1, 0.15) is 11.5 Å². The summed E-state index contributed by atoms with van der Waals surface area (Å²) in [5.74, 6) is 1.01. The van der Waals surface area contributed by atoms with Gasteiger partial charge < -0.3 is 9.47 Å². The Hall–Kier alpha value is -3.29. The van der Waals surface area contributed by atoms with Gasteiger partial charge in [-0.1, -0.05) is 11.6 Å². The van der Waals surface area contributed by atoms with Crippen LogP contribution in [0.15, 0.2) is 77.7 Å². The standard InChI is InChI=1S/C23H20ClNO5S/c1-29-20-10-14-23(30-2)17(15-20)5-13-22(26)16-3-8-19(9-4-16)25-31(27,28)21-11-6-18(24)7-12-21/h3-15,25H,1-2H3/b13-5+. The van der Waals surface area contributed by atoms with Crippen molar-refractivity contribution in [2.45, 2.75) is 4.90 Å². The van der Waals surface area contributed by atoms with Crippen LogP contribution in [0.4, 0.5) is 5.69 Å². The van der Waals surface area contributed by atoms with Crippen molar-refractivity contribution in [3.05, 3.63) is 89.0 Å². The molecule has 3 aromatic rings. The van der Waals surface area contributed by atoms with E-state index < -0.39 is 10.0 Å². The van der Waals surface area contributed by atoms with Crippen LogP contribution in [0, 0.1) is 0 Å². The molecule has 0 bridgehead atoms. The van der Waals surface area contributed by atoms with Crippen LogP contribution in [-0.2, 0) is 10.0 Å². The summed E-state index contributed by atoms with van der Waals surface area (Å²) in [5.41, 5.74) is 1.44. The van der Waals surface area contributed by atoms with Crippen LogP contribution in [-0.4, -0.2) is 28.4 Å². The predicted octanol–water partition coefficient (Wildman–Crippen LogP) is 5.05. The van der Waals surface area contributed by atoms with Crippen molar-refractivity contribution < 1.29 is 22.7 Å². The van der Waals surface area contributed by atoms with Crippen LogP contribution < -0.4 is 14.2 Å². The molecule has 0 aliphatic rings. The molecule has 0 aliphatic heterocycles. The topological polar surface area (TPSA) is 81.7 Å². The number of sulfonamides is 1. The maximum Gasteiger partial charge on any atom is 0.261 e. The first-order valence-electron chi connectivity index (χ1n) is 9.15. The molecule has 3 aromatic carbocycles. The minimum atomic E-state index is -3.76. The Morgan fingerprint density at radius 3 is 2.23 bits per heavy atom. The van der Waals surface area contributed by atoms with E-state index in [4.69, 9.17) is 21.1 Å². The minimum Gasteiger partial charge on any atom is -0.497 e. The van der Waals surface area contributed by atoms with E-state index in [2.05, 4.69) is 4.72 Å². The molecule has 3 rings (SSSR count). The summed E-state index contributed by atoms with van der Waals surface area (Å²) in [6.07, 6.45) is 3.06. The van der Waals surface area contributed by atoms with Gasteiger partial charge >= 0.3 is 0 Å². The number of halogens is 1. The summed E-state index contributed by atoms with van der Waals surface area (Å²) in [5, 5.41) is 0.446. The Bertz CT molecular complexity index is 1200. The molecule has 0 radical (unpaired) electrons. The predicted molar refractivity (Wildman–Crippen MR) is 122 cm³/mol. The molecule has 0 aliphatic carbocycles. The number of carbonyl (C=O) groups excluding carboxylic acids is 1. The zero-order valence-electron chi connectivity index (χ0n) is 16.8. The van der Waals surface area contributed by atoms with E-state index in [1.54, 1.807) is 50.6 Å². The molecule has 1 N–H and O–H groups in total. The van der Waals surface area contributed by atoms with Crippen molar-refractivity contribution in [3.63, 3.8) is 0 Å². The van der Waals surface area contributed by atoms with Crippen molar-refractivity contribution in [2.75, 3.05) is 18.9 Å². The first-order valence-corrected chi connectivity index (χ1v) is 11.0. The van der Waals surface area contributed by atoms with Crippen LogP contribution in [0.5, 0.6) is 11.5 Å². The van der Waals surface area contributed by atoms with Crippen molar-refractivity contribution in [1.29, 1.82) is 0 Å². The summed E-state index contributed by atoms with van der Waals surface area (Å²) in [6.45, 7) is 0. The van der Waals surface area contributed by atoms with E-state index >= 15 is 0 Å². The zero-order chi connectivity index (χ0) is 22.4. The smallest absolute Gasteiger partial charge is 0.261 e. The molecular formula is C23H20ClNO5S. The number of benzene rings is 3. The second-order valence-electron chi connectivity index (χ2n) is 6.44. The molecule has 0 aromatic heterocycles. The van der Waals surface area contributed by atoms with Gasteiger partial charge in [0.2, 0.25) is 0 Å². The van der Waals surface area contributed by atoms with Crippen molar-refractivity contribution in [3.8, 4) is 11.5 Å². The number of methoxy groups -OCH3 is 2. The van der Waals surface area contributed by atoms with E-state index in [0.29, 0.717) is 33.3 Å². The maximum absolute atomic E-state index is 12.5. The lowest BCUT2D eigenvalue weighted by molar-refractivity contribution is 0.104. The van der Waals surface area contributed by atoms with Crippen LogP contribution in [0.1, 0.15) is 15.9 Å². The highest BCUT2D eigenvalue weighted by Crippen LogP contribution is 2.25. The second-order valence-corrected chi connectivity index (χ2v) is 8.56. The normalized spacial score (nSPS) is 11.3. The van der Waals surface area contributed by atoms with E-state index in [-0.39, 0.29) is 10.7 Å². The Morgan fingerprint density at radius 2 is 1.61 bits per heavy atom. The largest absolute Gasteiger partial charge is 0.497 e. The first-order chi connectivity index (χ1) is 14.8. The highest BCUT2D eigenvalue weighted by atomic mass is 35.5. The van der Waals surface area contributed by atoms with Gasteiger partial charge in [0.25, 0.3) is 10.0 Å². The van der Waals surface area contributed by atoms with E-state index in [1.165, 1.54) is 42.5 Å². The van der Waals surface area contributed by atoms with Gasteiger partial charge in [-0.3, -0.25) is 9.52 Å². The molecule has 0 spiro atoms. The third kappa shape index (κ3) is 5.65. The number of hydrogen-bond donors (Lipinski definition) is 1. The Morgan fingerprint density at radius 1 is 0.935 bits per heavy atom. The number of hydrogen-bond acceptors (Lipinski definition) is 5. The lowest BCUT2D eigenvalue weighted by Gasteiger charge is -2.09. The third-order valence-electron chi connectivity index (χ3n) is 4.40. The number of ketones is 1. The van der Waals surface area contributed by atoms with Crippen LogP contribution in [0.3, 0.4) is 0 Å². The second kappa shape index (κ2) is 9.68. The first kappa shape index (κ1) is 22.4. The molecule has 0 unspecified atom stereocenters. The maximum atomic E-state index is 12.5. The van der Waals surface area contributed by atoms with Crippen LogP contribution >= 0.6 is 11.6 Å². The fraction of sp³-hybridized carbons (Fsp3) is 0.0870. The summed E-state index contributed by atoms with van der Waals surface area (Å²) >= 11 is 5.80. The number of nitrogens with one attached hydrogen (secondary N) is 1. The molecule has 0 heterocycles. The molecule has 0 saturated carbocycles. The summed E-state index contributed by atoms with van der Waals surface area (Å²) in [6, 6.07) is 17.3. The number of carbonyl (C=O) groups is 1. The van der Waals surface area contributed by atoms with Gasteiger partial charge in [0.15, 0.2) is 5.78 Å². The highest BCUT2D eigenvalue weighted by molar-refractivity contribution is 7.92. The van der Waals surface area contributed by atoms with Crippen molar-refractivity contribution >= 4 is 39.2 Å². The van der Waals surface area contributed by atoms with Gasteiger partial charge in [-0.2, -0.15) is 0 Å². The van der Waals surface area contributed by atoms with Gasteiger partial charge in [-0.15, -0.1) is 0 Å². The number of allylic oxidation sites excluding steroid dienone is 1. The molecule has 0 atom stereocenters. The number of rotatable bonds is 8. The van der Waals surface area contributed by atoms with Gasteiger partial charge in [-0.25, -0.2) is 8.42 Å². The summed E-state index contributed by atoms with van der Waals surface area (Å²) < 4.78 is 37.9. The molecule has 0 saturated heterocycles. The monoisotopic (exact) mass is 457 g/mol. The summed E-state index contributed by atoms with van der Waals surface area (Å²) in [4.78, 5) is 12.6. The van der Waals surface area contributed by atoms with Gasteiger partial charge in [-0.05, 0) is 78.9 Å². The fourth-order valence-electron chi connectivity index (χ4n) is 2.76. The molecule has 31 heavy (non-hydrogen) atoms. The number of ether oxygens (including phenoxy) is 2. The average molecular weight is 458 g/mol. The third-order valence-corrected chi connectivity index (χ3v) is 6.05. The van der Waals surface area contributed by atoms with E-state index in [9.17, 15) is 13.2 Å². The van der Waals surface area contributed by atoms with Crippen molar-refractivity contribution in [2.24, 2.45) is 0 Å². The number of anilines is 1. The van der Waals surface area contributed by atoms with E-state index in [1.807, 2.05) is 0 Å². The highest BCUT2D eigenvalue weighted by Gasteiger charge is 2.14. The van der Waals surface area contributed by atoms with Crippen LogP contribution in [0.25, 0.3) is 6.08 Å². The molecule has 0 amide bonds. The van der Waals surface area contributed by atoms with Crippen LogP contribution in [0.2, 0.25) is 5.02 Å².